The molecule has 4 rings (SSSR count). The summed E-state index contributed by atoms with van der Waals surface area (Å²) in [6.07, 6.45) is 1.45. The lowest BCUT2D eigenvalue weighted by molar-refractivity contribution is 0.467. The molecule has 0 bridgehead atoms. The smallest absolute Gasteiger partial charge is 0.247 e. The summed E-state index contributed by atoms with van der Waals surface area (Å²) in [4.78, 5) is 9.46. The fraction of sp³-hybridized carbons (Fsp3) is 0. The van der Waals surface area contributed by atoms with E-state index in [1.165, 1.54) is 18.1 Å². The number of halogens is 1. The summed E-state index contributed by atoms with van der Waals surface area (Å²) in [7, 11) is 0. The second-order valence-corrected chi connectivity index (χ2v) is 7.03. The Balaban J connectivity index is 1.66. The van der Waals surface area contributed by atoms with Gasteiger partial charge in [0.25, 0.3) is 0 Å². The third-order valence-corrected chi connectivity index (χ3v) is 5.07. The molecule has 0 aliphatic heterocycles. The van der Waals surface area contributed by atoms with Gasteiger partial charge < -0.3 is 10.5 Å². The molecule has 0 saturated heterocycles. The number of nitrogens with two attached hydrogens (primary N) is 1. The molecule has 128 valence electrons. The molecule has 2 N–H and O–H groups in total. The Morgan fingerprint density at radius 2 is 1.65 bits per heavy atom. The van der Waals surface area contributed by atoms with Crippen molar-refractivity contribution in [2.24, 2.45) is 0 Å². The summed E-state index contributed by atoms with van der Waals surface area (Å²) in [5, 5.41) is 3.41. The zero-order valence-corrected chi connectivity index (χ0v) is 15.2. The highest BCUT2D eigenvalue weighted by Crippen LogP contribution is 2.37. The number of benzene rings is 3. The van der Waals surface area contributed by atoms with Crippen molar-refractivity contribution in [3.05, 3.63) is 78.1 Å². The molecule has 0 radical (unpaired) electrons. The number of ether oxygens (including phenoxy) is 1. The van der Waals surface area contributed by atoms with E-state index in [0.29, 0.717) is 27.4 Å². The quantitative estimate of drug-likeness (QED) is 0.453. The van der Waals surface area contributed by atoms with Crippen LogP contribution in [0.25, 0.3) is 10.8 Å². The Labute approximate surface area is 160 Å². The Hall–Kier alpha value is -2.76. The van der Waals surface area contributed by atoms with Gasteiger partial charge in [-0.1, -0.05) is 59.8 Å². The normalized spacial score (nSPS) is 10.8. The number of hydrogen-bond acceptors (Lipinski definition) is 5. The lowest BCUT2D eigenvalue weighted by atomic mass is 10.1. The molecule has 0 amide bonds. The Morgan fingerprint density at radius 3 is 2.50 bits per heavy atom. The van der Waals surface area contributed by atoms with Gasteiger partial charge in [-0.05, 0) is 35.7 Å². The van der Waals surface area contributed by atoms with E-state index in [4.69, 9.17) is 22.1 Å². The van der Waals surface area contributed by atoms with Crippen LogP contribution >= 0.6 is 23.4 Å². The standard InChI is InChI=1S/C20H14ClN3OS/c21-14-8-10-15(11-9-14)26-20-18(22)19(23-12-24-20)25-17-7-3-5-13-4-1-2-6-16(13)17/h1-12H,22H2. The summed E-state index contributed by atoms with van der Waals surface area (Å²) in [6.45, 7) is 0. The van der Waals surface area contributed by atoms with Crippen molar-refractivity contribution in [1.82, 2.24) is 9.97 Å². The molecular formula is C20H14ClN3OS. The molecule has 1 aromatic heterocycles. The Morgan fingerprint density at radius 1 is 0.885 bits per heavy atom. The Bertz CT molecular complexity index is 1060. The van der Waals surface area contributed by atoms with Crippen molar-refractivity contribution in [3.63, 3.8) is 0 Å². The van der Waals surface area contributed by atoms with Gasteiger partial charge in [-0.3, -0.25) is 0 Å². The predicted molar refractivity (Wildman–Crippen MR) is 106 cm³/mol. The van der Waals surface area contributed by atoms with Gasteiger partial charge in [0.05, 0.1) is 0 Å². The molecule has 0 fully saturated rings. The minimum absolute atomic E-state index is 0.341. The molecule has 0 saturated carbocycles. The van der Waals surface area contributed by atoms with Crippen molar-refractivity contribution in [2.45, 2.75) is 9.92 Å². The monoisotopic (exact) mass is 379 g/mol. The van der Waals surface area contributed by atoms with Crippen LogP contribution in [0.1, 0.15) is 0 Å². The van der Waals surface area contributed by atoms with Crippen molar-refractivity contribution < 1.29 is 4.74 Å². The van der Waals surface area contributed by atoms with E-state index in [0.717, 1.165) is 15.7 Å². The average Bonchev–Trinajstić information content (AvgIpc) is 2.67. The van der Waals surface area contributed by atoms with Gasteiger partial charge in [0, 0.05) is 15.3 Å². The summed E-state index contributed by atoms with van der Waals surface area (Å²) in [5.41, 5.74) is 6.66. The Kier molecular flexibility index (Phi) is 4.65. The van der Waals surface area contributed by atoms with E-state index in [2.05, 4.69) is 9.97 Å². The van der Waals surface area contributed by atoms with Gasteiger partial charge >= 0.3 is 0 Å². The minimum Gasteiger partial charge on any atom is -0.436 e. The number of nitrogens with zero attached hydrogens (tertiary/aromatic N) is 2. The second kappa shape index (κ2) is 7.23. The molecule has 3 aromatic carbocycles. The van der Waals surface area contributed by atoms with E-state index >= 15 is 0 Å². The van der Waals surface area contributed by atoms with E-state index < -0.39 is 0 Å². The van der Waals surface area contributed by atoms with Crippen LogP contribution in [0.4, 0.5) is 5.69 Å². The van der Waals surface area contributed by atoms with Crippen LogP contribution in [0.15, 0.2) is 83.0 Å². The zero-order valence-electron chi connectivity index (χ0n) is 13.6. The fourth-order valence-corrected chi connectivity index (χ4v) is 3.45. The van der Waals surface area contributed by atoms with Gasteiger partial charge in [-0.2, -0.15) is 4.98 Å². The molecule has 6 heteroatoms. The largest absolute Gasteiger partial charge is 0.436 e. The lowest BCUT2D eigenvalue weighted by Crippen LogP contribution is -1.99. The first-order valence-electron chi connectivity index (χ1n) is 7.90. The van der Waals surface area contributed by atoms with E-state index in [-0.39, 0.29) is 0 Å². The first-order chi connectivity index (χ1) is 12.7. The zero-order chi connectivity index (χ0) is 17.9. The second-order valence-electron chi connectivity index (χ2n) is 5.53. The van der Waals surface area contributed by atoms with Crippen molar-refractivity contribution >= 4 is 39.8 Å². The molecule has 26 heavy (non-hydrogen) atoms. The predicted octanol–water partition coefficient (Wildman–Crippen LogP) is 5.81. The molecule has 0 aliphatic carbocycles. The maximum absolute atomic E-state index is 6.26. The first kappa shape index (κ1) is 16.7. The average molecular weight is 380 g/mol. The number of nitrogen functional groups attached to an aromatic ring is 1. The SMILES string of the molecule is Nc1c(Oc2cccc3ccccc23)ncnc1Sc1ccc(Cl)cc1. The maximum Gasteiger partial charge on any atom is 0.247 e. The summed E-state index contributed by atoms with van der Waals surface area (Å²) >= 11 is 7.37. The molecule has 0 unspecified atom stereocenters. The van der Waals surface area contributed by atoms with Gasteiger partial charge in [0.2, 0.25) is 5.88 Å². The highest BCUT2D eigenvalue weighted by atomic mass is 35.5. The van der Waals surface area contributed by atoms with Crippen LogP contribution in [0.5, 0.6) is 11.6 Å². The van der Waals surface area contributed by atoms with Crippen molar-refractivity contribution in [3.8, 4) is 11.6 Å². The third kappa shape index (κ3) is 3.45. The van der Waals surface area contributed by atoms with Crippen molar-refractivity contribution in [1.29, 1.82) is 0 Å². The molecule has 4 aromatic rings. The molecule has 0 atom stereocenters. The highest BCUT2D eigenvalue weighted by molar-refractivity contribution is 7.99. The third-order valence-electron chi connectivity index (χ3n) is 3.80. The van der Waals surface area contributed by atoms with Crippen LogP contribution < -0.4 is 10.5 Å². The number of aromatic nitrogens is 2. The summed E-state index contributed by atoms with van der Waals surface area (Å²) in [6, 6.07) is 21.4. The van der Waals surface area contributed by atoms with Crippen LogP contribution in [-0.4, -0.2) is 9.97 Å². The number of rotatable bonds is 4. The van der Waals surface area contributed by atoms with Crippen molar-refractivity contribution in [2.75, 3.05) is 5.73 Å². The van der Waals surface area contributed by atoms with Gasteiger partial charge in [-0.25, -0.2) is 4.98 Å². The lowest BCUT2D eigenvalue weighted by Gasteiger charge is -2.11. The van der Waals surface area contributed by atoms with Gasteiger partial charge in [-0.15, -0.1) is 0 Å². The molecule has 4 nitrogen and oxygen atoms in total. The van der Waals surface area contributed by atoms with E-state index in [1.807, 2.05) is 66.7 Å². The summed E-state index contributed by atoms with van der Waals surface area (Å²) < 4.78 is 6.01. The highest BCUT2D eigenvalue weighted by Gasteiger charge is 2.13. The number of anilines is 1. The van der Waals surface area contributed by atoms with Crippen LogP contribution in [0.2, 0.25) is 5.02 Å². The fourth-order valence-electron chi connectivity index (χ4n) is 2.53. The maximum atomic E-state index is 6.26. The molecular weight excluding hydrogens is 366 g/mol. The number of fused-ring (bicyclic) bond motifs is 1. The minimum atomic E-state index is 0.341. The van der Waals surface area contributed by atoms with Crippen LogP contribution in [-0.2, 0) is 0 Å². The van der Waals surface area contributed by atoms with Gasteiger partial charge in [0.15, 0.2) is 0 Å². The molecule has 0 aliphatic rings. The molecule has 1 heterocycles. The first-order valence-corrected chi connectivity index (χ1v) is 9.09. The molecule has 0 spiro atoms. The summed E-state index contributed by atoms with van der Waals surface area (Å²) in [5.74, 6) is 1.05. The van der Waals surface area contributed by atoms with E-state index in [1.54, 1.807) is 0 Å². The van der Waals surface area contributed by atoms with E-state index in [9.17, 15) is 0 Å². The number of hydrogen-bond donors (Lipinski definition) is 1. The van der Waals surface area contributed by atoms with Crippen LogP contribution in [0, 0.1) is 0 Å². The topological polar surface area (TPSA) is 61.0 Å². The van der Waals surface area contributed by atoms with Gasteiger partial charge in [0.1, 0.15) is 22.8 Å². The van der Waals surface area contributed by atoms with Crippen LogP contribution in [0.3, 0.4) is 0 Å².